The molecule has 4 nitrogen and oxygen atoms in total. The van der Waals surface area contributed by atoms with Crippen molar-refractivity contribution < 1.29 is 9.59 Å². The standard InChI is InChI=1S/C20H22N2O2/c1-13-8-5-6-11-17(13)12-18(21-16(4)23)20(24)22-19-14(2)9-7-10-15(19)3/h5-12H,1-4H3,(H,21,23)(H,22,24)/b18-12-. The van der Waals surface area contributed by atoms with E-state index in [0.29, 0.717) is 0 Å². The first kappa shape index (κ1) is 17.5. The quantitative estimate of drug-likeness (QED) is 0.843. The highest BCUT2D eigenvalue weighted by molar-refractivity contribution is 6.09. The van der Waals surface area contributed by atoms with Gasteiger partial charge in [0.1, 0.15) is 5.70 Å². The maximum absolute atomic E-state index is 12.7. The summed E-state index contributed by atoms with van der Waals surface area (Å²) in [5.41, 5.74) is 4.85. The average Bonchev–Trinajstić information content (AvgIpc) is 2.52. The van der Waals surface area contributed by atoms with Crippen molar-refractivity contribution in [2.75, 3.05) is 5.32 Å². The van der Waals surface area contributed by atoms with Crippen molar-refractivity contribution in [1.29, 1.82) is 0 Å². The number of carbonyl (C=O) groups excluding carboxylic acids is 2. The van der Waals surface area contributed by atoms with Gasteiger partial charge in [0, 0.05) is 12.6 Å². The van der Waals surface area contributed by atoms with E-state index in [2.05, 4.69) is 10.6 Å². The number of nitrogens with one attached hydrogen (secondary N) is 2. The third-order valence-electron chi connectivity index (χ3n) is 3.76. The molecule has 0 unspecified atom stereocenters. The number of carbonyl (C=O) groups is 2. The summed E-state index contributed by atoms with van der Waals surface area (Å²) in [7, 11) is 0. The van der Waals surface area contributed by atoms with Crippen LogP contribution in [0.1, 0.15) is 29.2 Å². The van der Waals surface area contributed by atoms with E-state index in [1.165, 1.54) is 6.92 Å². The molecule has 0 fully saturated rings. The zero-order valence-electron chi connectivity index (χ0n) is 14.4. The van der Waals surface area contributed by atoms with Crippen LogP contribution in [0.3, 0.4) is 0 Å². The van der Waals surface area contributed by atoms with Gasteiger partial charge >= 0.3 is 0 Å². The molecule has 2 aromatic carbocycles. The molecule has 0 atom stereocenters. The Balaban J connectivity index is 2.36. The highest BCUT2D eigenvalue weighted by Gasteiger charge is 2.14. The summed E-state index contributed by atoms with van der Waals surface area (Å²) < 4.78 is 0. The predicted molar refractivity (Wildman–Crippen MR) is 97.5 cm³/mol. The highest BCUT2D eigenvalue weighted by atomic mass is 16.2. The van der Waals surface area contributed by atoms with Gasteiger partial charge in [-0.3, -0.25) is 9.59 Å². The lowest BCUT2D eigenvalue weighted by Gasteiger charge is -2.14. The van der Waals surface area contributed by atoms with Gasteiger partial charge in [-0.1, -0.05) is 42.5 Å². The van der Waals surface area contributed by atoms with E-state index in [-0.39, 0.29) is 17.5 Å². The molecule has 0 bridgehead atoms. The van der Waals surface area contributed by atoms with Gasteiger partial charge in [-0.2, -0.15) is 0 Å². The van der Waals surface area contributed by atoms with Gasteiger partial charge in [0.05, 0.1) is 0 Å². The first-order valence-electron chi connectivity index (χ1n) is 7.81. The topological polar surface area (TPSA) is 58.2 Å². The third kappa shape index (κ3) is 4.32. The molecule has 0 aliphatic carbocycles. The van der Waals surface area contributed by atoms with Crippen molar-refractivity contribution in [2.45, 2.75) is 27.7 Å². The average molecular weight is 322 g/mol. The molecular weight excluding hydrogens is 300 g/mol. The lowest BCUT2D eigenvalue weighted by atomic mass is 10.1. The molecule has 2 aromatic rings. The number of rotatable bonds is 4. The summed E-state index contributed by atoms with van der Waals surface area (Å²) >= 11 is 0. The van der Waals surface area contributed by atoms with Crippen LogP contribution < -0.4 is 10.6 Å². The largest absolute Gasteiger partial charge is 0.322 e. The molecule has 0 heterocycles. The molecule has 0 radical (unpaired) electrons. The fourth-order valence-corrected chi connectivity index (χ4v) is 2.44. The molecule has 2 amide bonds. The Hall–Kier alpha value is -2.88. The molecule has 2 N–H and O–H groups in total. The Morgan fingerprint density at radius 1 is 0.875 bits per heavy atom. The minimum Gasteiger partial charge on any atom is -0.322 e. The van der Waals surface area contributed by atoms with E-state index in [1.54, 1.807) is 6.08 Å². The van der Waals surface area contributed by atoms with Crippen molar-refractivity contribution in [1.82, 2.24) is 5.32 Å². The summed E-state index contributed by atoms with van der Waals surface area (Å²) in [5, 5.41) is 5.53. The first-order chi connectivity index (χ1) is 11.4. The molecule has 0 saturated carbocycles. The highest BCUT2D eigenvalue weighted by Crippen LogP contribution is 2.20. The van der Waals surface area contributed by atoms with Crippen LogP contribution in [0, 0.1) is 20.8 Å². The van der Waals surface area contributed by atoms with Crippen LogP contribution in [-0.4, -0.2) is 11.8 Å². The van der Waals surface area contributed by atoms with E-state index in [4.69, 9.17) is 0 Å². The summed E-state index contributed by atoms with van der Waals surface area (Å²) in [4.78, 5) is 24.2. The molecule has 0 spiro atoms. The third-order valence-corrected chi connectivity index (χ3v) is 3.76. The summed E-state index contributed by atoms with van der Waals surface area (Å²) in [5.74, 6) is -0.627. The van der Waals surface area contributed by atoms with Crippen LogP contribution in [0.25, 0.3) is 6.08 Å². The van der Waals surface area contributed by atoms with Crippen molar-refractivity contribution in [3.05, 3.63) is 70.4 Å². The molecule has 124 valence electrons. The van der Waals surface area contributed by atoms with Crippen LogP contribution >= 0.6 is 0 Å². The molecule has 24 heavy (non-hydrogen) atoms. The minimum atomic E-state index is -0.342. The van der Waals surface area contributed by atoms with Crippen LogP contribution in [-0.2, 0) is 9.59 Å². The van der Waals surface area contributed by atoms with E-state index in [0.717, 1.165) is 27.9 Å². The molecule has 0 aliphatic rings. The minimum absolute atomic E-state index is 0.222. The Kier molecular flexibility index (Phi) is 5.53. The second-order valence-electron chi connectivity index (χ2n) is 5.82. The fourth-order valence-electron chi connectivity index (χ4n) is 2.44. The Morgan fingerprint density at radius 3 is 2.04 bits per heavy atom. The van der Waals surface area contributed by atoms with Crippen LogP contribution in [0.2, 0.25) is 0 Å². The number of benzene rings is 2. The first-order valence-corrected chi connectivity index (χ1v) is 7.81. The van der Waals surface area contributed by atoms with E-state index in [1.807, 2.05) is 63.2 Å². The second-order valence-corrected chi connectivity index (χ2v) is 5.82. The summed E-state index contributed by atoms with van der Waals surface area (Å²) in [6, 6.07) is 13.5. The van der Waals surface area contributed by atoms with Crippen molar-refractivity contribution >= 4 is 23.6 Å². The molecule has 4 heteroatoms. The van der Waals surface area contributed by atoms with Crippen molar-refractivity contribution in [3.63, 3.8) is 0 Å². The van der Waals surface area contributed by atoms with Crippen LogP contribution in [0.15, 0.2) is 48.2 Å². The molecular formula is C20H22N2O2. The number of amides is 2. The number of hydrogen-bond acceptors (Lipinski definition) is 2. The zero-order valence-corrected chi connectivity index (χ0v) is 14.4. The van der Waals surface area contributed by atoms with Crippen molar-refractivity contribution in [3.8, 4) is 0 Å². The molecule has 0 aliphatic heterocycles. The van der Waals surface area contributed by atoms with E-state index in [9.17, 15) is 9.59 Å². The SMILES string of the molecule is CC(=O)N/C(=C\c1ccccc1C)C(=O)Nc1c(C)cccc1C. The predicted octanol–water partition coefficient (Wildman–Crippen LogP) is 3.73. The van der Waals surface area contributed by atoms with Gasteiger partial charge in [-0.05, 0) is 49.1 Å². The molecule has 0 saturated heterocycles. The lowest BCUT2D eigenvalue weighted by Crippen LogP contribution is -2.29. The van der Waals surface area contributed by atoms with Crippen LogP contribution in [0.4, 0.5) is 5.69 Å². The molecule has 0 aromatic heterocycles. The molecule has 2 rings (SSSR count). The number of aryl methyl sites for hydroxylation is 3. The van der Waals surface area contributed by atoms with Crippen LogP contribution in [0.5, 0.6) is 0 Å². The number of para-hydroxylation sites is 1. The van der Waals surface area contributed by atoms with Gasteiger partial charge in [0.25, 0.3) is 5.91 Å². The van der Waals surface area contributed by atoms with Gasteiger partial charge in [-0.25, -0.2) is 0 Å². The normalized spacial score (nSPS) is 11.1. The Labute approximate surface area is 142 Å². The Morgan fingerprint density at radius 2 is 1.46 bits per heavy atom. The summed E-state index contributed by atoms with van der Waals surface area (Å²) in [6.45, 7) is 7.22. The van der Waals surface area contributed by atoms with Gasteiger partial charge in [-0.15, -0.1) is 0 Å². The maximum Gasteiger partial charge on any atom is 0.272 e. The monoisotopic (exact) mass is 322 g/mol. The van der Waals surface area contributed by atoms with Crippen molar-refractivity contribution in [2.24, 2.45) is 0 Å². The number of anilines is 1. The van der Waals surface area contributed by atoms with E-state index >= 15 is 0 Å². The second kappa shape index (κ2) is 7.59. The lowest BCUT2D eigenvalue weighted by molar-refractivity contribution is -0.120. The van der Waals surface area contributed by atoms with E-state index < -0.39 is 0 Å². The Bertz CT molecular complexity index is 787. The number of hydrogen-bond donors (Lipinski definition) is 2. The fraction of sp³-hybridized carbons (Fsp3) is 0.200. The summed E-state index contributed by atoms with van der Waals surface area (Å²) in [6.07, 6.45) is 1.69. The zero-order chi connectivity index (χ0) is 17.7. The van der Waals surface area contributed by atoms with Gasteiger partial charge in [0.2, 0.25) is 5.91 Å². The van der Waals surface area contributed by atoms with Gasteiger partial charge < -0.3 is 10.6 Å². The van der Waals surface area contributed by atoms with Gasteiger partial charge in [0.15, 0.2) is 0 Å². The maximum atomic E-state index is 12.7. The smallest absolute Gasteiger partial charge is 0.272 e.